The van der Waals surface area contributed by atoms with E-state index in [9.17, 15) is 33.6 Å². The second-order valence-corrected chi connectivity index (χ2v) is 22.7. The maximum absolute atomic E-state index is 14.6. The molecule has 1 heterocycles. The number of benzene rings is 4. The number of rotatable bonds is 18. The number of fused-ring (bicyclic) bond motifs is 2. The molecule has 7 N–H and O–H groups in total. The van der Waals surface area contributed by atoms with Crippen LogP contribution in [0.5, 0.6) is 5.75 Å². The average Bonchev–Trinajstić information content (AvgIpc) is 4.12. The molecule has 2 fully saturated rings. The zero-order chi connectivity index (χ0) is 55.7. The highest BCUT2D eigenvalue weighted by Gasteiger charge is 2.46. The van der Waals surface area contributed by atoms with Gasteiger partial charge in [0, 0.05) is 24.1 Å². The molecule has 9 atom stereocenters. The van der Waals surface area contributed by atoms with E-state index in [-0.39, 0.29) is 73.6 Å². The number of carbonyl (C=O) groups is 7. The fourth-order valence-electron chi connectivity index (χ4n) is 11.4. The molecule has 3 unspecified atom stereocenters. The van der Waals surface area contributed by atoms with Crippen molar-refractivity contribution in [3.8, 4) is 5.75 Å². The van der Waals surface area contributed by atoms with Crippen molar-refractivity contribution in [2.45, 2.75) is 154 Å². The Kier molecular flexibility index (Phi) is 18.7. The van der Waals surface area contributed by atoms with Gasteiger partial charge in [-0.15, -0.1) is 0 Å². The highest BCUT2D eigenvalue weighted by atomic mass is 16.5. The van der Waals surface area contributed by atoms with E-state index in [1.807, 2.05) is 63.2 Å². The maximum Gasteiger partial charge on any atom is 0.255 e. The summed E-state index contributed by atoms with van der Waals surface area (Å²) in [4.78, 5) is 98.9. The molecule has 1 saturated heterocycles. The van der Waals surface area contributed by atoms with Crippen LogP contribution in [0.2, 0.25) is 0 Å². The van der Waals surface area contributed by atoms with Crippen molar-refractivity contribution >= 4 is 41.4 Å². The molecule has 1 saturated carbocycles. The molecule has 0 bridgehead atoms. The normalized spacial score (nSPS) is 21.9. The molecular weight excluding hydrogens is 987 g/mol. The molecule has 0 aromatic heterocycles. The summed E-state index contributed by atoms with van der Waals surface area (Å²) < 4.78 is 6.14. The van der Waals surface area contributed by atoms with Gasteiger partial charge in [0.1, 0.15) is 24.4 Å². The number of ether oxygens (including phenoxy) is 1. The maximum atomic E-state index is 14.6. The van der Waals surface area contributed by atoms with Gasteiger partial charge in [0.05, 0.1) is 36.6 Å². The van der Waals surface area contributed by atoms with Gasteiger partial charge in [-0.25, -0.2) is 5.01 Å². The predicted octanol–water partition coefficient (Wildman–Crippen LogP) is 5.88. The third-order valence-corrected chi connectivity index (χ3v) is 16.2. The van der Waals surface area contributed by atoms with Crippen molar-refractivity contribution in [1.82, 2.24) is 47.2 Å². The molecule has 17 heteroatoms. The van der Waals surface area contributed by atoms with E-state index in [1.165, 1.54) is 21.0 Å². The Labute approximate surface area is 459 Å². The quantitative estimate of drug-likeness (QED) is 0.0588. The van der Waals surface area contributed by atoms with Crippen LogP contribution in [-0.2, 0) is 54.8 Å². The molecular formula is C61H79N9O8. The minimum absolute atomic E-state index is 0.0768. The second kappa shape index (κ2) is 25.6. The Morgan fingerprint density at radius 2 is 1.22 bits per heavy atom. The molecule has 4 aromatic rings. The number of amides is 7. The van der Waals surface area contributed by atoms with Crippen LogP contribution in [0, 0.1) is 17.3 Å². The molecule has 78 heavy (non-hydrogen) atoms. The molecule has 4 aliphatic rings. The SMILES string of the molecule is CN[C@@H](C)C(=O)N[C@H](C(=O)N1C[C@@H](NC(=O)c2ccc(COc3ccc(CN(NC(=O)[C@H](C)NC)C(=O)C4CCC[C@@H]4C(=O)NC4CCCc5ccccc54)cc3)cc2)CC1C(=O)N[C@@H]1CCCc2ccccc21)C(C)(C)C. The summed E-state index contributed by atoms with van der Waals surface area (Å²) in [6.45, 7) is 9.39. The number of hydrogen-bond donors (Lipinski definition) is 7. The van der Waals surface area contributed by atoms with Gasteiger partial charge in [-0.05, 0) is 149 Å². The number of hydrogen-bond acceptors (Lipinski definition) is 10. The van der Waals surface area contributed by atoms with E-state index in [2.05, 4.69) is 55.5 Å². The first-order chi connectivity index (χ1) is 37.4. The third-order valence-electron chi connectivity index (χ3n) is 16.2. The van der Waals surface area contributed by atoms with Gasteiger partial charge in [0.15, 0.2) is 0 Å². The Balaban J connectivity index is 0.886. The number of hydrazine groups is 1. The second-order valence-electron chi connectivity index (χ2n) is 22.7. The molecule has 1 aliphatic heterocycles. The molecule has 7 amide bonds. The summed E-state index contributed by atoms with van der Waals surface area (Å²) >= 11 is 0. The first-order valence-corrected chi connectivity index (χ1v) is 27.9. The van der Waals surface area contributed by atoms with E-state index >= 15 is 0 Å². The van der Waals surface area contributed by atoms with Crippen molar-refractivity contribution in [1.29, 1.82) is 0 Å². The van der Waals surface area contributed by atoms with Crippen LogP contribution in [0.1, 0.15) is 142 Å². The minimum atomic E-state index is -0.941. The lowest BCUT2D eigenvalue weighted by molar-refractivity contribution is -0.148. The molecule has 416 valence electrons. The Morgan fingerprint density at radius 1 is 0.654 bits per heavy atom. The lowest BCUT2D eigenvalue weighted by atomic mass is 9.85. The minimum Gasteiger partial charge on any atom is -0.489 e. The fraction of sp³-hybridized carbons (Fsp3) is 0.492. The van der Waals surface area contributed by atoms with Crippen LogP contribution in [0.4, 0.5) is 0 Å². The van der Waals surface area contributed by atoms with Gasteiger partial charge in [-0.2, -0.15) is 0 Å². The van der Waals surface area contributed by atoms with Crippen molar-refractivity contribution in [3.63, 3.8) is 0 Å². The zero-order valence-electron chi connectivity index (χ0n) is 46.3. The third kappa shape index (κ3) is 13.8. The summed E-state index contributed by atoms with van der Waals surface area (Å²) in [5, 5.41) is 19.7. The molecule has 0 spiro atoms. The summed E-state index contributed by atoms with van der Waals surface area (Å²) in [5.41, 5.74) is 8.72. The molecule has 17 nitrogen and oxygen atoms in total. The van der Waals surface area contributed by atoms with Crippen LogP contribution < -0.4 is 42.1 Å². The van der Waals surface area contributed by atoms with Crippen LogP contribution >= 0.6 is 0 Å². The largest absolute Gasteiger partial charge is 0.489 e. The standard InChI is InChI=1S/C61H79N9O8/c1-37(62-6)54(71)67-53(61(3,4)5)60(77)69-35-44(33-52(69)58(75)66-51-24-13-18-42-16-9-11-20-47(42)51)64-56(73)43-29-25-40(26-30-43)36-78-45-31-27-39(28-32-45)34-70(68-55(72)38(2)63-7)59(76)49-22-14-21-48(49)57(74)65-50-23-12-17-41-15-8-10-19-46(41)50/h8-11,15-16,19-20,25-32,37-38,44,48-53,62-63H,12-14,17-18,21-24,33-36H2,1-7H3,(H,64,73)(H,65,74)(H,66,75)(H,67,71)(H,68,72)/t37-,38-,44-,48-,49?,50?,51+,52?,53+/m0/s1. The molecule has 0 radical (unpaired) electrons. The van der Waals surface area contributed by atoms with Crippen molar-refractivity contribution < 1.29 is 38.3 Å². The summed E-state index contributed by atoms with van der Waals surface area (Å²) in [7, 11) is 3.35. The van der Waals surface area contributed by atoms with E-state index in [4.69, 9.17) is 4.74 Å². The topological polar surface area (TPSA) is 219 Å². The number of likely N-dealkylation sites (tertiary alicyclic amines) is 1. The first kappa shape index (κ1) is 57.1. The zero-order valence-corrected chi connectivity index (χ0v) is 46.3. The average molecular weight is 1070 g/mol. The number of nitrogens with one attached hydrogen (secondary N) is 7. The van der Waals surface area contributed by atoms with Gasteiger partial charge in [0.25, 0.3) is 11.8 Å². The number of carbonyl (C=O) groups excluding carboxylic acids is 7. The van der Waals surface area contributed by atoms with Crippen LogP contribution in [-0.4, -0.2) is 102 Å². The van der Waals surface area contributed by atoms with Gasteiger partial charge >= 0.3 is 0 Å². The first-order valence-electron chi connectivity index (χ1n) is 27.9. The van der Waals surface area contributed by atoms with Crippen LogP contribution in [0.25, 0.3) is 0 Å². The summed E-state index contributed by atoms with van der Waals surface area (Å²) in [6, 6.07) is 26.7. The smallest absolute Gasteiger partial charge is 0.255 e. The highest BCUT2D eigenvalue weighted by molar-refractivity contribution is 5.96. The molecule has 3 aliphatic carbocycles. The molecule has 4 aromatic carbocycles. The van der Waals surface area contributed by atoms with E-state index in [0.717, 1.165) is 67.2 Å². The Bertz CT molecular complexity index is 2800. The van der Waals surface area contributed by atoms with Crippen molar-refractivity contribution in [3.05, 3.63) is 136 Å². The van der Waals surface area contributed by atoms with Crippen LogP contribution in [0.3, 0.4) is 0 Å². The van der Waals surface area contributed by atoms with Crippen molar-refractivity contribution in [2.75, 3.05) is 20.6 Å². The highest BCUT2D eigenvalue weighted by Crippen LogP contribution is 2.37. The van der Waals surface area contributed by atoms with E-state index in [0.29, 0.717) is 24.2 Å². The fourth-order valence-corrected chi connectivity index (χ4v) is 11.4. The Morgan fingerprint density at radius 3 is 1.82 bits per heavy atom. The van der Waals surface area contributed by atoms with Crippen LogP contribution in [0.15, 0.2) is 97.1 Å². The number of likely N-dealkylation sites (N-methyl/N-ethyl adjacent to an activating group) is 2. The monoisotopic (exact) mass is 1070 g/mol. The van der Waals surface area contributed by atoms with Gasteiger partial charge in [0.2, 0.25) is 29.5 Å². The van der Waals surface area contributed by atoms with Gasteiger partial charge in [-0.1, -0.05) is 100.0 Å². The lowest BCUT2D eigenvalue weighted by Gasteiger charge is -2.36. The lowest BCUT2D eigenvalue weighted by Crippen LogP contribution is -2.59. The Hall–Kier alpha value is -7.11. The summed E-state index contributed by atoms with van der Waals surface area (Å²) in [6.07, 6.45) is 7.47. The predicted molar refractivity (Wildman–Crippen MR) is 297 cm³/mol. The molecule has 8 rings (SSSR count). The number of nitrogens with zero attached hydrogens (tertiary/aromatic N) is 2. The summed E-state index contributed by atoms with van der Waals surface area (Å²) in [5.74, 6) is -2.72. The van der Waals surface area contributed by atoms with E-state index in [1.54, 1.807) is 64.3 Å². The van der Waals surface area contributed by atoms with Crippen molar-refractivity contribution in [2.24, 2.45) is 17.3 Å². The number of aryl methyl sites for hydroxylation is 2. The van der Waals surface area contributed by atoms with E-state index < -0.39 is 53.4 Å². The van der Waals surface area contributed by atoms with Gasteiger partial charge in [-0.3, -0.25) is 39.0 Å². The van der Waals surface area contributed by atoms with Gasteiger partial charge < -0.3 is 41.5 Å².